The number of hydroxylamine groups is 2. The number of aryl methyl sites for hydroxylation is 1. The standard InChI is InChI=1S/C27H17Cl2F5N2O6/c1-8-6-9(2-5-13(8)37)15-10-3-4-11-14(23(39)36(42)22(11)38)12(10)7-26(28)24(40)35(25(41)27(15,26)29)21-19(33)17(31)16(30)18(32)20(21)34/h2-3,5-6,11-12,14-15,37,42H,4,7H2,1H3/t11-,12+,14-,15-,26+,27-/m0/s1. The van der Waals surface area contributed by atoms with E-state index in [1.807, 2.05) is 0 Å². The summed E-state index contributed by atoms with van der Waals surface area (Å²) >= 11 is 13.9. The lowest BCUT2D eigenvalue weighted by molar-refractivity contribution is -0.173. The van der Waals surface area contributed by atoms with Crippen LogP contribution in [0.3, 0.4) is 0 Å². The zero-order valence-electron chi connectivity index (χ0n) is 21.1. The number of phenols is 1. The van der Waals surface area contributed by atoms with Crippen LogP contribution >= 0.6 is 23.2 Å². The number of nitrogens with zero attached hydrogens (tertiary/aromatic N) is 2. The summed E-state index contributed by atoms with van der Waals surface area (Å²) in [6.45, 7) is 1.49. The quantitative estimate of drug-likeness (QED) is 0.0970. The third-order valence-corrected chi connectivity index (χ3v) is 10.2. The van der Waals surface area contributed by atoms with E-state index < -0.39 is 98.2 Å². The van der Waals surface area contributed by atoms with Gasteiger partial charge < -0.3 is 5.11 Å². The fourth-order valence-corrected chi connectivity index (χ4v) is 7.72. The number of benzene rings is 2. The summed E-state index contributed by atoms with van der Waals surface area (Å²) in [7, 11) is 0. The average molecular weight is 631 g/mol. The summed E-state index contributed by atoms with van der Waals surface area (Å²) in [5.74, 6) is -22.6. The van der Waals surface area contributed by atoms with Gasteiger partial charge >= 0.3 is 0 Å². The van der Waals surface area contributed by atoms with Crippen LogP contribution in [0.4, 0.5) is 27.6 Å². The maximum atomic E-state index is 14.9. The Balaban J connectivity index is 1.62. The van der Waals surface area contributed by atoms with Gasteiger partial charge in [0, 0.05) is 5.92 Å². The first-order valence-corrected chi connectivity index (χ1v) is 13.2. The van der Waals surface area contributed by atoms with Gasteiger partial charge in [-0.15, -0.1) is 23.2 Å². The van der Waals surface area contributed by atoms with Crippen LogP contribution < -0.4 is 4.90 Å². The van der Waals surface area contributed by atoms with Crippen molar-refractivity contribution in [2.75, 3.05) is 4.90 Å². The predicted molar refractivity (Wildman–Crippen MR) is 133 cm³/mol. The number of amides is 4. The smallest absolute Gasteiger partial charge is 0.258 e. The van der Waals surface area contributed by atoms with E-state index in [0.717, 1.165) is 0 Å². The molecule has 8 nitrogen and oxygen atoms in total. The Hall–Kier alpha value is -3.55. The summed E-state index contributed by atoms with van der Waals surface area (Å²) < 4.78 is 72.1. The van der Waals surface area contributed by atoms with Crippen LogP contribution in [0.15, 0.2) is 29.8 Å². The number of allylic oxidation sites excluding steroid dienone is 2. The minimum absolute atomic E-state index is 0.0575. The summed E-state index contributed by atoms with van der Waals surface area (Å²) in [5, 5.41) is 20.1. The number of carbonyl (C=O) groups excluding carboxylic acids is 4. The number of alkyl halides is 2. The van der Waals surface area contributed by atoms with Gasteiger partial charge in [-0.1, -0.05) is 23.8 Å². The van der Waals surface area contributed by atoms with Crippen LogP contribution in [0.25, 0.3) is 0 Å². The highest BCUT2D eigenvalue weighted by atomic mass is 35.5. The van der Waals surface area contributed by atoms with Gasteiger partial charge in [-0.3, -0.25) is 24.4 Å². The molecular weight excluding hydrogens is 614 g/mol. The third-order valence-electron chi connectivity index (χ3n) is 8.75. The number of phenolic OH excluding ortho intramolecular Hbond substituents is 1. The van der Waals surface area contributed by atoms with Gasteiger partial charge in [-0.2, -0.15) is 5.06 Å². The van der Waals surface area contributed by atoms with E-state index in [9.17, 15) is 51.4 Å². The SMILES string of the molecule is Cc1cc([C@H]2C3=CC[C@@H]4C(=O)N(O)C(=O)[C@@H]4[C@@H]3C[C@@]3(Cl)C(=O)N(c4c(F)c(F)c(F)c(F)c4F)C(=O)[C@@]23Cl)ccc1O. The van der Waals surface area contributed by atoms with Gasteiger partial charge in [0.05, 0.1) is 11.8 Å². The normalized spacial score (nSPS) is 32.3. The largest absolute Gasteiger partial charge is 0.508 e. The lowest BCUT2D eigenvalue weighted by atomic mass is 9.56. The molecule has 6 atom stereocenters. The summed E-state index contributed by atoms with van der Waals surface area (Å²) in [6.07, 6.45) is 0.710. The first-order chi connectivity index (χ1) is 19.6. The molecular formula is C27H17Cl2F5N2O6. The zero-order chi connectivity index (χ0) is 30.8. The molecule has 6 rings (SSSR count). The maximum Gasteiger partial charge on any atom is 0.258 e. The van der Waals surface area contributed by atoms with Crippen LogP contribution in [0.5, 0.6) is 5.75 Å². The van der Waals surface area contributed by atoms with Gasteiger partial charge in [-0.25, -0.2) is 26.9 Å². The Bertz CT molecular complexity index is 1670. The van der Waals surface area contributed by atoms with E-state index in [0.29, 0.717) is 0 Å². The molecule has 42 heavy (non-hydrogen) atoms. The molecule has 2 aromatic carbocycles. The van der Waals surface area contributed by atoms with Gasteiger partial charge in [0.2, 0.25) is 5.82 Å². The van der Waals surface area contributed by atoms with Gasteiger partial charge in [0.15, 0.2) is 33.0 Å². The molecule has 0 spiro atoms. The molecule has 2 heterocycles. The van der Waals surface area contributed by atoms with Gasteiger partial charge in [0.1, 0.15) is 11.4 Å². The Morgan fingerprint density at radius 3 is 2.07 bits per heavy atom. The van der Waals surface area contributed by atoms with E-state index in [4.69, 9.17) is 23.2 Å². The number of hydrogen-bond donors (Lipinski definition) is 2. The number of fused-ring (bicyclic) bond motifs is 4. The number of imide groups is 2. The Labute approximate surface area is 242 Å². The monoisotopic (exact) mass is 630 g/mol. The fourth-order valence-electron chi connectivity index (χ4n) is 6.78. The molecule has 0 bridgehead atoms. The summed E-state index contributed by atoms with van der Waals surface area (Å²) in [5.41, 5.74) is -1.23. The molecule has 0 unspecified atom stereocenters. The molecule has 2 aliphatic heterocycles. The van der Waals surface area contributed by atoms with E-state index in [2.05, 4.69) is 0 Å². The molecule has 220 valence electrons. The van der Waals surface area contributed by atoms with Crippen LogP contribution in [0.1, 0.15) is 29.9 Å². The highest BCUT2D eigenvalue weighted by molar-refractivity contribution is 6.58. The molecule has 3 fully saturated rings. The highest BCUT2D eigenvalue weighted by Gasteiger charge is 2.77. The zero-order valence-corrected chi connectivity index (χ0v) is 22.6. The minimum Gasteiger partial charge on any atom is -0.508 e. The lowest BCUT2D eigenvalue weighted by Gasteiger charge is -2.50. The second-order valence-electron chi connectivity index (χ2n) is 10.7. The van der Waals surface area contributed by atoms with Crippen LogP contribution in [0.2, 0.25) is 0 Å². The second-order valence-corrected chi connectivity index (χ2v) is 12.0. The molecule has 4 amide bonds. The van der Waals surface area contributed by atoms with E-state index in [-0.39, 0.29) is 38.8 Å². The number of hydrogen-bond acceptors (Lipinski definition) is 6. The third kappa shape index (κ3) is 3.26. The number of carbonyl (C=O) groups is 4. The van der Waals surface area contributed by atoms with Crippen molar-refractivity contribution in [1.29, 1.82) is 0 Å². The van der Waals surface area contributed by atoms with Crippen molar-refractivity contribution in [3.05, 3.63) is 70.1 Å². The van der Waals surface area contributed by atoms with Crippen molar-refractivity contribution in [3.63, 3.8) is 0 Å². The molecule has 2 N–H and O–H groups in total. The fraction of sp³-hybridized carbons (Fsp3) is 0.333. The molecule has 0 aromatic heterocycles. The van der Waals surface area contributed by atoms with E-state index >= 15 is 0 Å². The first-order valence-electron chi connectivity index (χ1n) is 12.4. The van der Waals surface area contributed by atoms with Crippen LogP contribution in [-0.2, 0) is 19.2 Å². The average Bonchev–Trinajstić information content (AvgIpc) is 3.26. The van der Waals surface area contributed by atoms with Crippen LogP contribution in [-0.4, -0.2) is 48.8 Å². The molecule has 2 aromatic rings. The van der Waals surface area contributed by atoms with Crippen molar-refractivity contribution in [3.8, 4) is 5.75 Å². The van der Waals surface area contributed by atoms with E-state index in [1.165, 1.54) is 31.2 Å². The topological polar surface area (TPSA) is 115 Å². The van der Waals surface area contributed by atoms with E-state index in [1.54, 1.807) is 0 Å². The first kappa shape index (κ1) is 28.6. The van der Waals surface area contributed by atoms with Gasteiger partial charge in [-0.05, 0) is 42.9 Å². The van der Waals surface area contributed by atoms with Crippen molar-refractivity contribution in [2.24, 2.45) is 17.8 Å². The number of aromatic hydroxyl groups is 1. The molecule has 2 aliphatic carbocycles. The van der Waals surface area contributed by atoms with Crippen molar-refractivity contribution in [2.45, 2.75) is 35.4 Å². The van der Waals surface area contributed by atoms with Crippen molar-refractivity contribution >= 4 is 52.5 Å². The number of rotatable bonds is 2. The molecule has 15 heteroatoms. The molecule has 0 radical (unpaired) electrons. The second kappa shape index (κ2) is 8.98. The number of halogens is 7. The Morgan fingerprint density at radius 1 is 0.881 bits per heavy atom. The predicted octanol–water partition coefficient (Wildman–Crippen LogP) is 4.35. The molecule has 4 aliphatic rings. The summed E-state index contributed by atoms with van der Waals surface area (Å²) in [6, 6.07) is 3.94. The Kier molecular flexibility index (Phi) is 6.11. The molecule has 2 saturated heterocycles. The number of anilines is 1. The van der Waals surface area contributed by atoms with Crippen LogP contribution in [0, 0.1) is 53.8 Å². The Morgan fingerprint density at radius 2 is 1.48 bits per heavy atom. The minimum atomic E-state index is -2.66. The maximum absolute atomic E-state index is 14.9. The van der Waals surface area contributed by atoms with Crippen molar-refractivity contribution in [1.82, 2.24) is 5.06 Å². The van der Waals surface area contributed by atoms with Gasteiger partial charge in [0.25, 0.3) is 23.6 Å². The summed E-state index contributed by atoms with van der Waals surface area (Å²) in [4.78, 5) is 48.0. The van der Waals surface area contributed by atoms with Crippen molar-refractivity contribution < 1.29 is 51.4 Å². The molecule has 1 saturated carbocycles. The lowest BCUT2D eigenvalue weighted by Crippen LogP contribution is -2.60. The highest BCUT2D eigenvalue weighted by Crippen LogP contribution is 2.66.